The number of benzene rings is 6. The van der Waals surface area contributed by atoms with Gasteiger partial charge >= 0.3 is 0 Å². The van der Waals surface area contributed by atoms with E-state index in [1.807, 2.05) is 11.8 Å². The third-order valence-corrected chi connectivity index (χ3v) is 9.39. The molecular formula is C37H29N3S. The van der Waals surface area contributed by atoms with Crippen molar-refractivity contribution in [2.45, 2.75) is 22.5 Å². The van der Waals surface area contributed by atoms with Gasteiger partial charge in [-0.2, -0.15) is 0 Å². The minimum absolute atomic E-state index is 0.0295. The number of rotatable bonds is 4. The molecule has 2 aliphatic heterocycles. The van der Waals surface area contributed by atoms with Gasteiger partial charge in [-0.25, -0.2) is 0 Å². The van der Waals surface area contributed by atoms with E-state index < -0.39 is 0 Å². The highest BCUT2D eigenvalue weighted by Gasteiger charge is 2.27. The summed E-state index contributed by atoms with van der Waals surface area (Å²) in [6, 6.07) is 48.1. The average molecular weight is 548 g/mol. The van der Waals surface area contributed by atoms with Gasteiger partial charge in [0.2, 0.25) is 0 Å². The summed E-state index contributed by atoms with van der Waals surface area (Å²) in [4.78, 5) is 1.31. The Morgan fingerprint density at radius 2 is 1.24 bits per heavy atom. The van der Waals surface area contributed by atoms with Crippen LogP contribution >= 0.6 is 11.8 Å². The van der Waals surface area contributed by atoms with Gasteiger partial charge < -0.3 is 10.6 Å². The van der Waals surface area contributed by atoms with Crippen molar-refractivity contribution < 1.29 is 0 Å². The molecule has 0 saturated carbocycles. The molecule has 2 heterocycles. The summed E-state index contributed by atoms with van der Waals surface area (Å²) in [6.45, 7) is 0. The second-order valence-electron chi connectivity index (χ2n) is 10.7. The van der Waals surface area contributed by atoms with Gasteiger partial charge in [0.25, 0.3) is 0 Å². The van der Waals surface area contributed by atoms with E-state index in [1.54, 1.807) is 0 Å². The lowest BCUT2D eigenvalue weighted by molar-refractivity contribution is 0.443. The minimum Gasteiger partial charge on any atom is -0.368 e. The lowest BCUT2D eigenvalue weighted by Gasteiger charge is -2.33. The van der Waals surface area contributed by atoms with Crippen LogP contribution in [0.3, 0.4) is 0 Å². The molecule has 3 unspecified atom stereocenters. The largest absolute Gasteiger partial charge is 0.368 e. The number of hydrogen-bond acceptors (Lipinski definition) is 4. The summed E-state index contributed by atoms with van der Waals surface area (Å²) in [6.07, 6.45) is 2.27. The van der Waals surface area contributed by atoms with Crippen LogP contribution in [0, 0.1) is 0 Å². The van der Waals surface area contributed by atoms with Crippen LogP contribution in [0.4, 0.5) is 5.69 Å². The molecule has 3 N–H and O–H groups in total. The van der Waals surface area contributed by atoms with Crippen molar-refractivity contribution in [1.29, 1.82) is 0 Å². The predicted octanol–water partition coefficient (Wildman–Crippen LogP) is 9.18. The molecule has 0 saturated heterocycles. The number of hydrogen-bond donors (Lipinski definition) is 3. The maximum absolute atomic E-state index is 3.85. The Labute approximate surface area is 244 Å². The molecule has 0 fully saturated rings. The van der Waals surface area contributed by atoms with Gasteiger partial charge in [0.05, 0.1) is 11.7 Å². The number of nitrogens with one attached hydrogen (secondary N) is 3. The molecule has 6 aromatic carbocycles. The van der Waals surface area contributed by atoms with Crippen molar-refractivity contribution in [2.75, 3.05) is 5.32 Å². The zero-order valence-corrected chi connectivity index (χ0v) is 23.2. The first-order valence-corrected chi connectivity index (χ1v) is 15.0. The molecule has 0 bridgehead atoms. The molecule has 41 heavy (non-hydrogen) atoms. The highest BCUT2D eigenvalue weighted by molar-refractivity contribution is 8.00. The van der Waals surface area contributed by atoms with Crippen LogP contribution in [-0.4, -0.2) is 0 Å². The fraction of sp³-hybridized carbons (Fsp3) is 0.0811. The lowest BCUT2D eigenvalue weighted by Crippen LogP contribution is -2.39. The third kappa shape index (κ3) is 4.46. The van der Waals surface area contributed by atoms with E-state index in [-0.39, 0.29) is 17.6 Å². The third-order valence-electron chi connectivity index (χ3n) is 8.17. The summed E-state index contributed by atoms with van der Waals surface area (Å²) in [5.41, 5.74) is 7.36. The zero-order chi connectivity index (χ0) is 27.2. The fourth-order valence-electron chi connectivity index (χ4n) is 6.11. The molecule has 0 aliphatic carbocycles. The van der Waals surface area contributed by atoms with Gasteiger partial charge in [-0.05, 0) is 56.6 Å². The van der Waals surface area contributed by atoms with Gasteiger partial charge in [0, 0.05) is 16.0 Å². The molecule has 0 spiro atoms. The molecular weight excluding hydrogens is 518 g/mol. The second-order valence-corrected chi connectivity index (χ2v) is 11.9. The van der Waals surface area contributed by atoms with E-state index in [2.05, 4.69) is 155 Å². The summed E-state index contributed by atoms with van der Waals surface area (Å²) >= 11 is 1.90. The van der Waals surface area contributed by atoms with Gasteiger partial charge in [-0.3, -0.25) is 5.32 Å². The summed E-state index contributed by atoms with van der Waals surface area (Å²) in [5.74, 6) is 0. The van der Waals surface area contributed by atoms with Crippen molar-refractivity contribution in [3.05, 3.63) is 162 Å². The van der Waals surface area contributed by atoms with E-state index in [4.69, 9.17) is 0 Å². The molecule has 0 aromatic heterocycles. The molecule has 3 atom stereocenters. The Hall–Kier alpha value is -4.51. The van der Waals surface area contributed by atoms with Crippen LogP contribution in [0.1, 0.15) is 39.8 Å². The van der Waals surface area contributed by atoms with E-state index in [9.17, 15) is 0 Å². The van der Waals surface area contributed by atoms with Gasteiger partial charge in [-0.15, -0.1) is 0 Å². The normalized spacial score (nSPS) is 19.8. The zero-order valence-electron chi connectivity index (χ0n) is 22.4. The fourth-order valence-corrected chi connectivity index (χ4v) is 7.26. The highest BCUT2D eigenvalue weighted by Crippen LogP contribution is 2.50. The molecule has 198 valence electrons. The molecule has 8 rings (SSSR count). The Bertz CT molecular complexity index is 1900. The first kappa shape index (κ1) is 24.3. The Kier molecular flexibility index (Phi) is 6.02. The second kappa shape index (κ2) is 10.2. The van der Waals surface area contributed by atoms with Crippen molar-refractivity contribution in [3.8, 4) is 0 Å². The lowest BCUT2D eigenvalue weighted by atomic mass is 9.95. The van der Waals surface area contributed by atoms with Crippen LogP contribution in [0.2, 0.25) is 0 Å². The number of thioether (sulfide) groups is 1. The average Bonchev–Trinajstić information content (AvgIpc) is 3.50. The monoisotopic (exact) mass is 547 g/mol. The van der Waals surface area contributed by atoms with E-state index in [1.165, 1.54) is 54.4 Å². The molecule has 4 heteroatoms. The molecule has 0 radical (unpaired) electrons. The molecule has 2 aliphatic rings. The van der Waals surface area contributed by atoms with E-state index >= 15 is 0 Å². The van der Waals surface area contributed by atoms with Crippen LogP contribution in [-0.2, 0) is 0 Å². The van der Waals surface area contributed by atoms with Crippen LogP contribution in [0.15, 0.2) is 144 Å². The smallest absolute Gasteiger partial charge is 0.104 e. The first-order valence-electron chi connectivity index (χ1n) is 14.1. The van der Waals surface area contributed by atoms with Crippen LogP contribution < -0.4 is 16.0 Å². The van der Waals surface area contributed by atoms with Crippen LogP contribution in [0.5, 0.6) is 0 Å². The molecule has 6 aromatic rings. The van der Waals surface area contributed by atoms with Crippen molar-refractivity contribution >= 4 is 44.7 Å². The Balaban J connectivity index is 1.18. The summed E-state index contributed by atoms with van der Waals surface area (Å²) in [7, 11) is 0. The predicted molar refractivity (Wildman–Crippen MR) is 173 cm³/mol. The molecule has 0 amide bonds. The Morgan fingerprint density at radius 1 is 0.561 bits per heavy atom. The number of fused-ring (bicyclic) bond motifs is 5. The van der Waals surface area contributed by atoms with Crippen molar-refractivity contribution in [2.24, 2.45) is 0 Å². The highest BCUT2D eigenvalue weighted by atomic mass is 32.2. The number of anilines is 1. The molecule has 3 nitrogen and oxygen atoms in total. The first-order chi connectivity index (χ1) is 20.3. The quantitative estimate of drug-likeness (QED) is 0.192. The van der Waals surface area contributed by atoms with Crippen molar-refractivity contribution in [1.82, 2.24) is 10.6 Å². The minimum atomic E-state index is -0.0295. The van der Waals surface area contributed by atoms with Gasteiger partial charge in [0.1, 0.15) is 11.5 Å². The van der Waals surface area contributed by atoms with Gasteiger partial charge in [0.15, 0.2) is 0 Å². The maximum Gasteiger partial charge on any atom is 0.104 e. The van der Waals surface area contributed by atoms with Gasteiger partial charge in [-0.1, -0.05) is 133 Å². The summed E-state index contributed by atoms with van der Waals surface area (Å²) in [5, 5.41) is 16.8. The topological polar surface area (TPSA) is 36.1 Å². The van der Waals surface area contributed by atoms with Crippen LogP contribution in [0.25, 0.3) is 27.2 Å². The van der Waals surface area contributed by atoms with E-state index in [0.29, 0.717) is 0 Å². The SMILES string of the molecule is C1=C(c2ccccc2)NC(c2ccc3c(ccc4ccc5c(c43)NC(c3ccccc3)S5)c2)NC1c1ccccc1. The standard InChI is InChI=1S/C37H29N3S/c1-4-10-24(11-5-1)31-23-32(25-12-6-2-7-13-25)39-36(38-31)29-18-20-30-28(22-29)17-16-26-19-21-33-35(34(26)30)40-37(41-33)27-14-8-3-9-15-27/h1-23,31,36-40H. The van der Waals surface area contributed by atoms with Crippen molar-refractivity contribution in [3.63, 3.8) is 0 Å². The summed E-state index contributed by atoms with van der Waals surface area (Å²) < 4.78 is 0. The Morgan fingerprint density at radius 3 is 2.02 bits per heavy atom. The maximum atomic E-state index is 3.85. The van der Waals surface area contributed by atoms with E-state index in [0.717, 1.165) is 5.70 Å².